The third-order valence-corrected chi connectivity index (χ3v) is 4.52. The van der Waals surface area contributed by atoms with Gasteiger partial charge in [-0.1, -0.05) is 6.08 Å². The molecule has 2 aliphatic rings. The van der Waals surface area contributed by atoms with Gasteiger partial charge in [-0.2, -0.15) is 5.10 Å². The third kappa shape index (κ3) is 2.58. The van der Waals surface area contributed by atoms with Crippen molar-refractivity contribution in [1.82, 2.24) is 24.6 Å². The first-order valence-corrected chi connectivity index (χ1v) is 7.75. The number of aryl methyl sites for hydroxylation is 1. The number of carbonyl (C=O) groups is 1. The summed E-state index contributed by atoms with van der Waals surface area (Å²) in [6.45, 7) is 0. The van der Waals surface area contributed by atoms with E-state index in [-0.39, 0.29) is 6.04 Å². The van der Waals surface area contributed by atoms with Crippen LogP contribution in [0.3, 0.4) is 0 Å². The first kappa shape index (κ1) is 13.9. The van der Waals surface area contributed by atoms with Gasteiger partial charge < -0.3 is 10.2 Å². The van der Waals surface area contributed by atoms with Crippen LogP contribution in [0, 0.1) is 0 Å². The van der Waals surface area contributed by atoms with Crippen LogP contribution in [0.25, 0.3) is 5.57 Å². The zero-order valence-corrected chi connectivity index (χ0v) is 12.9. The smallest absolute Gasteiger partial charge is 0.227 e. The van der Waals surface area contributed by atoms with Crippen molar-refractivity contribution in [3.63, 3.8) is 0 Å². The number of rotatable bonds is 4. The van der Waals surface area contributed by atoms with Crippen LogP contribution < -0.4 is 5.32 Å². The first-order valence-electron chi connectivity index (χ1n) is 7.75. The van der Waals surface area contributed by atoms with Gasteiger partial charge in [0.05, 0.1) is 23.6 Å². The maximum Gasteiger partial charge on any atom is 0.227 e. The van der Waals surface area contributed by atoms with Gasteiger partial charge in [-0.25, -0.2) is 9.97 Å². The lowest BCUT2D eigenvalue weighted by Gasteiger charge is -2.30. The summed E-state index contributed by atoms with van der Waals surface area (Å²) in [5, 5.41) is 7.28. The van der Waals surface area contributed by atoms with Crippen molar-refractivity contribution in [3.8, 4) is 0 Å². The number of hydrogen-bond donors (Lipinski definition) is 1. The maximum atomic E-state index is 11.2. The zero-order valence-electron chi connectivity index (χ0n) is 12.9. The fourth-order valence-electron chi connectivity index (χ4n) is 3.43. The predicted molar refractivity (Wildman–Crippen MR) is 85.8 cm³/mol. The molecule has 1 fully saturated rings. The molecule has 4 heterocycles. The van der Waals surface area contributed by atoms with Crippen molar-refractivity contribution >= 4 is 23.6 Å². The van der Waals surface area contributed by atoms with Crippen LogP contribution in [0.2, 0.25) is 0 Å². The molecule has 0 unspecified atom stereocenters. The summed E-state index contributed by atoms with van der Waals surface area (Å²) in [7, 11) is 1.86. The molecule has 23 heavy (non-hydrogen) atoms. The minimum Gasteiger partial charge on any atom is -0.335 e. The quantitative estimate of drug-likeness (QED) is 0.870. The number of nitrogens with one attached hydrogen (secondary N) is 1. The molecule has 1 amide bonds. The van der Waals surface area contributed by atoms with Gasteiger partial charge in [0.15, 0.2) is 0 Å². The molecule has 0 aliphatic carbocycles. The molecule has 1 N–H and O–H groups in total. The van der Waals surface area contributed by atoms with Crippen LogP contribution in [-0.2, 0) is 11.8 Å². The maximum absolute atomic E-state index is 11.2. The Kier molecular flexibility index (Phi) is 3.33. The van der Waals surface area contributed by atoms with Gasteiger partial charge in [-0.3, -0.25) is 9.48 Å². The Morgan fingerprint density at radius 1 is 1.39 bits per heavy atom. The van der Waals surface area contributed by atoms with Gasteiger partial charge in [-0.05, 0) is 30.9 Å². The van der Waals surface area contributed by atoms with Crippen molar-refractivity contribution in [2.24, 2.45) is 7.05 Å². The molecule has 0 saturated carbocycles. The molecule has 4 rings (SSSR count). The normalized spacial score (nSPS) is 22.8. The highest BCUT2D eigenvalue weighted by atomic mass is 16.1. The second-order valence-corrected chi connectivity index (χ2v) is 6.04. The van der Waals surface area contributed by atoms with E-state index in [0.717, 1.165) is 37.1 Å². The molecule has 2 aromatic rings. The third-order valence-electron chi connectivity index (χ3n) is 4.52. The van der Waals surface area contributed by atoms with Crippen molar-refractivity contribution in [2.45, 2.75) is 31.3 Å². The number of anilines is 2. The van der Waals surface area contributed by atoms with Crippen LogP contribution in [0.1, 0.15) is 25.0 Å². The molecule has 0 spiro atoms. The topological polar surface area (TPSA) is 75.9 Å². The van der Waals surface area contributed by atoms with E-state index in [1.54, 1.807) is 17.1 Å². The zero-order chi connectivity index (χ0) is 15.8. The van der Waals surface area contributed by atoms with E-state index in [4.69, 9.17) is 0 Å². The fourth-order valence-corrected chi connectivity index (χ4v) is 3.43. The van der Waals surface area contributed by atoms with E-state index in [2.05, 4.69) is 26.5 Å². The van der Waals surface area contributed by atoms with E-state index in [9.17, 15) is 4.79 Å². The fraction of sp³-hybridized carbons (Fsp3) is 0.375. The average molecular weight is 310 g/mol. The van der Waals surface area contributed by atoms with E-state index >= 15 is 0 Å². The molecule has 7 nitrogen and oxygen atoms in total. The Morgan fingerprint density at radius 3 is 3.04 bits per heavy atom. The second kappa shape index (κ2) is 5.49. The standard InChI is InChI=1S/C16H18N6O/c1-21-9-12(8-18-21)19-16-17-5-4-15(20-16)11-6-13-2-3-14(7-11)22(13)10-23/h4-6,8-10,13-14H,2-3,7H2,1H3,(H,17,19,20)/t13-,14+/m0/s1. The summed E-state index contributed by atoms with van der Waals surface area (Å²) in [5.74, 6) is 0.557. The van der Waals surface area contributed by atoms with Gasteiger partial charge in [0, 0.05) is 25.5 Å². The van der Waals surface area contributed by atoms with Crippen LogP contribution in [-0.4, -0.2) is 43.1 Å². The number of aromatic nitrogens is 4. The van der Waals surface area contributed by atoms with Crippen LogP contribution in [0.4, 0.5) is 11.6 Å². The minimum atomic E-state index is 0.214. The van der Waals surface area contributed by atoms with E-state index in [1.165, 1.54) is 5.57 Å². The highest BCUT2D eigenvalue weighted by Crippen LogP contribution is 2.37. The highest BCUT2D eigenvalue weighted by molar-refractivity contribution is 5.68. The van der Waals surface area contributed by atoms with Crippen molar-refractivity contribution in [2.75, 3.05) is 5.32 Å². The van der Waals surface area contributed by atoms with Crippen molar-refractivity contribution < 1.29 is 4.79 Å². The lowest BCUT2D eigenvalue weighted by atomic mass is 9.99. The molecular weight excluding hydrogens is 292 g/mol. The minimum absolute atomic E-state index is 0.214. The molecule has 7 heteroatoms. The average Bonchev–Trinajstić information content (AvgIpc) is 3.07. The van der Waals surface area contributed by atoms with Gasteiger partial charge in [0.25, 0.3) is 0 Å². The number of nitrogens with zero attached hydrogens (tertiary/aromatic N) is 5. The van der Waals surface area contributed by atoms with Gasteiger partial charge in [-0.15, -0.1) is 0 Å². The largest absolute Gasteiger partial charge is 0.335 e. The van der Waals surface area contributed by atoms with E-state index < -0.39 is 0 Å². The number of fused-ring (bicyclic) bond motifs is 2. The Morgan fingerprint density at radius 2 is 2.30 bits per heavy atom. The summed E-state index contributed by atoms with van der Waals surface area (Å²) in [5.41, 5.74) is 2.98. The Hall–Kier alpha value is -2.70. The highest BCUT2D eigenvalue weighted by Gasteiger charge is 2.36. The molecule has 2 bridgehead atoms. The van der Waals surface area contributed by atoms with E-state index in [1.807, 2.05) is 24.2 Å². The van der Waals surface area contributed by atoms with Crippen LogP contribution >= 0.6 is 0 Å². The van der Waals surface area contributed by atoms with Gasteiger partial charge in [0.1, 0.15) is 0 Å². The Balaban J connectivity index is 1.58. The summed E-state index contributed by atoms with van der Waals surface area (Å²) < 4.78 is 1.72. The first-order chi connectivity index (χ1) is 11.2. The Bertz CT molecular complexity index is 767. The summed E-state index contributed by atoms with van der Waals surface area (Å²) in [6.07, 6.45) is 11.5. The van der Waals surface area contributed by atoms with Crippen LogP contribution in [0.5, 0.6) is 0 Å². The predicted octanol–water partition coefficient (Wildman–Crippen LogP) is 1.73. The lowest BCUT2D eigenvalue weighted by Crippen LogP contribution is -2.37. The summed E-state index contributed by atoms with van der Waals surface area (Å²) in [4.78, 5) is 22.0. The van der Waals surface area contributed by atoms with Gasteiger partial charge in [0.2, 0.25) is 12.4 Å². The molecule has 2 atom stereocenters. The molecule has 2 aromatic heterocycles. The van der Waals surface area contributed by atoms with Crippen molar-refractivity contribution in [1.29, 1.82) is 0 Å². The number of amides is 1. The van der Waals surface area contributed by atoms with Crippen molar-refractivity contribution in [3.05, 3.63) is 36.4 Å². The number of hydrogen-bond acceptors (Lipinski definition) is 5. The molecule has 1 saturated heterocycles. The molecular formula is C16H18N6O. The monoisotopic (exact) mass is 310 g/mol. The van der Waals surface area contributed by atoms with E-state index in [0.29, 0.717) is 12.0 Å². The summed E-state index contributed by atoms with van der Waals surface area (Å²) in [6, 6.07) is 2.45. The SMILES string of the molecule is Cn1cc(Nc2nccc(C3=C[C@@H]4CC[C@H](C3)N4C=O)n2)cn1. The number of carbonyl (C=O) groups excluding carboxylic acids is 1. The summed E-state index contributed by atoms with van der Waals surface area (Å²) >= 11 is 0. The lowest BCUT2D eigenvalue weighted by molar-refractivity contribution is -0.120. The van der Waals surface area contributed by atoms with Gasteiger partial charge >= 0.3 is 0 Å². The second-order valence-electron chi connectivity index (χ2n) is 6.04. The Labute approximate surface area is 134 Å². The molecule has 0 aromatic carbocycles. The molecule has 2 aliphatic heterocycles. The van der Waals surface area contributed by atoms with Crippen LogP contribution in [0.15, 0.2) is 30.7 Å². The molecule has 0 radical (unpaired) electrons. The molecule has 118 valence electrons.